The van der Waals surface area contributed by atoms with Crippen LogP contribution in [0.2, 0.25) is 0 Å². The summed E-state index contributed by atoms with van der Waals surface area (Å²) in [4.78, 5) is 0. The molecule has 0 saturated heterocycles. The summed E-state index contributed by atoms with van der Waals surface area (Å²) in [6, 6.07) is 0. The van der Waals surface area contributed by atoms with E-state index in [1.54, 1.807) is 0 Å². The van der Waals surface area contributed by atoms with Gasteiger partial charge in [-0.25, -0.2) is 0 Å². The van der Waals surface area contributed by atoms with Crippen LogP contribution < -0.4 is 0 Å². The summed E-state index contributed by atoms with van der Waals surface area (Å²) >= 11 is 12.1. The fourth-order valence-electron chi connectivity index (χ4n) is 1.17. The zero-order valence-corrected chi connectivity index (χ0v) is 12.4. The lowest BCUT2D eigenvalue weighted by atomic mass is 10.2. The molecule has 0 aromatic heterocycles. The first-order chi connectivity index (χ1) is 8.13. The predicted molar refractivity (Wildman–Crippen MR) is 74.7 cm³/mol. The minimum absolute atomic E-state index is 0.431. The van der Waals surface area contributed by atoms with Gasteiger partial charge in [0.25, 0.3) is 0 Å². The van der Waals surface area contributed by atoms with Gasteiger partial charge in [-0.2, -0.15) is 0 Å². The molecule has 0 aromatic rings. The summed E-state index contributed by atoms with van der Waals surface area (Å²) < 4.78 is 10.8. The Morgan fingerprint density at radius 1 is 1.06 bits per heavy atom. The normalized spacial score (nSPS) is 13.8. The van der Waals surface area contributed by atoms with Crippen molar-refractivity contribution in [2.75, 3.05) is 26.4 Å². The second kappa shape index (κ2) is 11.1. The van der Waals surface area contributed by atoms with Crippen molar-refractivity contribution in [3.8, 4) is 0 Å². The van der Waals surface area contributed by atoms with Gasteiger partial charge in [0, 0.05) is 22.2 Å². The number of halogens is 2. The van der Waals surface area contributed by atoms with Crippen LogP contribution in [0.4, 0.5) is 0 Å². The van der Waals surface area contributed by atoms with E-state index in [0.29, 0.717) is 29.9 Å². The molecule has 4 heteroatoms. The molecule has 0 fully saturated rings. The molecule has 0 radical (unpaired) electrons. The average Bonchev–Trinajstić information content (AvgIpc) is 2.27. The summed E-state index contributed by atoms with van der Waals surface area (Å²) in [6.45, 7) is 8.30. The second-order valence-corrected chi connectivity index (χ2v) is 4.61. The predicted octanol–water partition coefficient (Wildman–Crippen LogP) is 4.48. The van der Waals surface area contributed by atoms with Gasteiger partial charge in [-0.15, -0.1) is 0 Å². The summed E-state index contributed by atoms with van der Waals surface area (Å²) in [6.07, 6.45) is 3.84. The van der Waals surface area contributed by atoms with Gasteiger partial charge < -0.3 is 9.47 Å². The first kappa shape index (κ1) is 17.0. The van der Waals surface area contributed by atoms with E-state index >= 15 is 0 Å². The molecule has 0 aliphatic rings. The Bertz CT molecular complexity index is 256. The van der Waals surface area contributed by atoms with Gasteiger partial charge in [0.15, 0.2) is 0 Å². The minimum atomic E-state index is 0.431. The van der Waals surface area contributed by atoms with Crippen molar-refractivity contribution >= 4 is 23.2 Å². The summed E-state index contributed by atoms with van der Waals surface area (Å²) in [7, 11) is 0. The number of ether oxygens (including phenoxy) is 2. The van der Waals surface area contributed by atoms with Gasteiger partial charge in [0.2, 0.25) is 0 Å². The zero-order chi connectivity index (χ0) is 13.1. The first-order valence-electron chi connectivity index (χ1n) is 6.00. The molecule has 2 nitrogen and oxygen atoms in total. The highest BCUT2D eigenvalue weighted by atomic mass is 35.5. The van der Waals surface area contributed by atoms with Crippen LogP contribution in [0, 0.1) is 0 Å². The van der Waals surface area contributed by atoms with Crippen LogP contribution in [0.3, 0.4) is 0 Å². The summed E-state index contributed by atoms with van der Waals surface area (Å²) in [5.41, 5.74) is 0.852. The Kier molecular flexibility index (Phi) is 11.1. The topological polar surface area (TPSA) is 18.5 Å². The fraction of sp³-hybridized carbons (Fsp3) is 0.692. The lowest BCUT2D eigenvalue weighted by Gasteiger charge is -2.09. The molecule has 0 unspecified atom stereocenters. The molecule has 0 N–H and O–H groups in total. The average molecular weight is 281 g/mol. The van der Waals surface area contributed by atoms with Crippen molar-refractivity contribution in [2.24, 2.45) is 0 Å². The van der Waals surface area contributed by atoms with E-state index in [0.717, 1.165) is 25.0 Å². The van der Waals surface area contributed by atoms with E-state index in [1.807, 2.05) is 19.9 Å². The quantitative estimate of drug-likeness (QED) is 0.458. The van der Waals surface area contributed by atoms with Gasteiger partial charge in [-0.05, 0) is 19.8 Å². The van der Waals surface area contributed by atoms with E-state index in [1.165, 1.54) is 0 Å². The third-order valence-corrected chi connectivity index (χ3v) is 2.66. The molecule has 0 aliphatic carbocycles. The minimum Gasteiger partial charge on any atom is -0.379 e. The Labute approximate surface area is 115 Å². The van der Waals surface area contributed by atoms with E-state index < -0.39 is 0 Å². The monoisotopic (exact) mass is 280 g/mol. The smallest absolute Gasteiger partial charge is 0.0743 e. The molecule has 0 aromatic carbocycles. The van der Waals surface area contributed by atoms with Gasteiger partial charge in [0.05, 0.1) is 19.8 Å². The van der Waals surface area contributed by atoms with Crippen LogP contribution in [0.5, 0.6) is 0 Å². The molecule has 0 atom stereocenters. The third-order valence-electron chi connectivity index (χ3n) is 2.05. The number of hydrogen-bond acceptors (Lipinski definition) is 2. The van der Waals surface area contributed by atoms with Crippen LogP contribution in [0.15, 0.2) is 21.7 Å². The molecule has 100 valence electrons. The molecule has 0 aliphatic heterocycles. The number of rotatable bonds is 9. The molecule has 0 amide bonds. The van der Waals surface area contributed by atoms with Crippen LogP contribution in [-0.2, 0) is 9.47 Å². The number of hydrogen-bond donors (Lipinski definition) is 0. The van der Waals surface area contributed by atoms with E-state index in [4.69, 9.17) is 32.7 Å². The van der Waals surface area contributed by atoms with Crippen molar-refractivity contribution in [2.45, 2.75) is 33.6 Å². The van der Waals surface area contributed by atoms with Crippen LogP contribution in [-0.4, -0.2) is 26.4 Å². The van der Waals surface area contributed by atoms with E-state index in [2.05, 4.69) is 6.92 Å². The van der Waals surface area contributed by atoms with Gasteiger partial charge in [0.1, 0.15) is 0 Å². The number of allylic oxidation sites excluding steroid dienone is 2. The Morgan fingerprint density at radius 2 is 1.71 bits per heavy atom. The highest BCUT2D eigenvalue weighted by Gasteiger charge is 2.05. The van der Waals surface area contributed by atoms with Gasteiger partial charge >= 0.3 is 0 Å². The summed E-state index contributed by atoms with van der Waals surface area (Å²) in [5.74, 6) is 0. The largest absolute Gasteiger partial charge is 0.379 e. The van der Waals surface area contributed by atoms with Crippen LogP contribution >= 0.6 is 23.2 Å². The molecular formula is C13H22Cl2O2. The zero-order valence-electron chi connectivity index (χ0n) is 10.9. The van der Waals surface area contributed by atoms with Crippen LogP contribution in [0.1, 0.15) is 33.6 Å². The first-order valence-corrected chi connectivity index (χ1v) is 6.75. The Morgan fingerprint density at radius 3 is 2.24 bits per heavy atom. The molecule has 0 spiro atoms. The Balaban J connectivity index is 3.97. The maximum atomic E-state index is 6.11. The maximum Gasteiger partial charge on any atom is 0.0743 e. The fourth-order valence-corrected chi connectivity index (χ4v) is 1.73. The summed E-state index contributed by atoms with van der Waals surface area (Å²) in [5, 5.41) is 1.35. The highest BCUT2D eigenvalue weighted by Crippen LogP contribution is 2.22. The lowest BCUT2D eigenvalue weighted by Crippen LogP contribution is -2.07. The van der Waals surface area contributed by atoms with Crippen molar-refractivity contribution in [3.63, 3.8) is 0 Å². The standard InChI is InChI=1S/C13H22Cl2O2/c1-4-6-13(15)12(11(3)14)10-17-9-8-16-7-5-2/h6H,4-5,7-10H2,1-3H3/b12-11+,13-6+. The molecule has 17 heavy (non-hydrogen) atoms. The van der Waals surface area contributed by atoms with Gasteiger partial charge in [-0.3, -0.25) is 0 Å². The SMILES string of the molecule is CC/C=C(Cl)\C(COCCOCCC)=C(/C)Cl. The Hall–Kier alpha value is -0.0200. The molecule has 0 rings (SSSR count). The molecule has 0 bridgehead atoms. The van der Waals surface area contributed by atoms with Crippen LogP contribution in [0.25, 0.3) is 0 Å². The van der Waals surface area contributed by atoms with E-state index in [-0.39, 0.29) is 0 Å². The van der Waals surface area contributed by atoms with Crippen molar-refractivity contribution in [1.82, 2.24) is 0 Å². The van der Waals surface area contributed by atoms with Gasteiger partial charge in [-0.1, -0.05) is 43.1 Å². The molecule has 0 saturated carbocycles. The van der Waals surface area contributed by atoms with E-state index in [9.17, 15) is 0 Å². The molecular weight excluding hydrogens is 259 g/mol. The second-order valence-electron chi connectivity index (χ2n) is 3.64. The van der Waals surface area contributed by atoms with Crippen molar-refractivity contribution < 1.29 is 9.47 Å². The third kappa shape index (κ3) is 8.67. The highest BCUT2D eigenvalue weighted by molar-refractivity contribution is 6.35. The lowest BCUT2D eigenvalue weighted by molar-refractivity contribution is 0.0570. The maximum absolute atomic E-state index is 6.11. The van der Waals surface area contributed by atoms with Crippen molar-refractivity contribution in [3.05, 3.63) is 21.7 Å². The van der Waals surface area contributed by atoms with Crippen molar-refractivity contribution in [1.29, 1.82) is 0 Å². The molecule has 0 heterocycles.